The fourth-order valence-electron chi connectivity index (χ4n) is 4.33. The van der Waals surface area contributed by atoms with E-state index in [2.05, 4.69) is 43.3 Å². The molecule has 172 valence electrons. The SMILES string of the molecule is CCOC(=O)C1CCN(c2ccc(Nc3ncc(Br)c(CCC4CCCO4)n3)cc2)CC1. The van der Waals surface area contributed by atoms with Gasteiger partial charge in [-0.15, -0.1) is 0 Å². The molecule has 0 radical (unpaired) electrons. The van der Waals surface area contributed by atoms with Crippen LogP contribution in [0, 0.1) is 5.92 Å². The summed E-state index contributed by atoms with van der Waals surface area (Å²) in [6, 6.07) is 8.29. The molecule has 2 fully saturated rings. The molecule has 1 N–H and O–H groups in total. The summed E-state index contributed by atoms with van der Waals surface area (Å²) in [6.07, 6.45) is 7.97. The second kappa shape index (κ2) is 11.1. The number of nitrogens with one attached hydrogen (secondary N) is 1. The molecule has 1 unspecified atom stereocenters. The highest BCUT2D eigenvalue weighted by Gasteiger charge is 2.26. The standard InChI is InChI=1S/C24H31BrN4O3/c1-2-31-23(30)17-11-13-29(14-12-17)19-7-5-18(6-8-19)27-24-26-16-21(25)22(28-24)10-9-20-4-3-15-32-20/h5-8,16-17,20H,2-4,9-15H2,1H3,(H,26,27,28). The Morgan fingerprint density at radius 2 is 2.03 bits per heavy atom. The molecule has 3 heterocycles. The maximum Gasteiger partial charge on any atom is 0.309 e. The minimum Gasteiger partial charge on any atom is -0.466 e. The fraction of sp³-hybridized carbons (Fsp3) is 0.542. The van der Waals surface area contributed by atoms with Crippen LogP contribution in [0.3, 0.4) is 0 Å². The van der Waals surface area contributed by atoms with E-state index in [1.165, 1.54) is 0 Å². The first-order chi connectivity index (χ1) is 15.6. The number of aryl methyl sites for hydroxylation is 1. The third kappa shape index (κ3) is 5.98. The molecule has 0 saturated carbocycles. The van der Waals surface area contributed by atoms with Gasteiger partial charge in [0.05, 0.1) is 28.8 Å². The molecule has 8 heteroatoms. The highest BCUT2D eigenvalue weighted by atomic mass is 79.9. The lowest BCUT2D eigenvalue weighted by atomic mass is 9.96. The van der Waals surface area contributed by atoms with Gasteiger partial charge < -0.3 is 19.7 Å². The van der Waals surface area contributed by atoms with E-state index in [1.54, 1.807) is 0 Å². The largest absolute Gasteiger partial charge is 0.466 e. The van der Waals surface area contributed by atoms with E-state index >= 15 is 0 Å². The van der Waals surface area contributed by atoms with Crippen LogP contribution in [-0.4, -0.2) is 48.3 Å². The summed E-state index contributed by atoms with van der Waals surface area (Å²) in [4.78, 5) is 23.4. The minimum atomic E-state index is -0.0590. The maximum atomic E-state index is 11.9. The molecule has 0 spiro atoms. The monoisotopic (exact) mass is 502 g/mol. The molecule has 0 aliphatic carbocycles. The number of esters is 1. The normalized spacial score (nSPS) is 19.2. The molecule has 1 atom stereocenters. The Hall–Kier alpha value is -2.19. The van der Waals surface area contributed by atoms with E-state index in [0.29, 0.717) is 18.7 Å². The number of halogens is 1. The summed E-state index contributed by atoms with van der Waals surface area (Å²) in [6.45, 7) is 4.91. The van der Waals surface area contributed by atoms with E-state index in [1.807, 2.05) is 25.3 Å². The number of hydrogen-bond acceptors (Lipinski definition) is 7. The van der Waals surface area contributed by atoms with E-state index in [9.17, 15) is 4.79 Å². The summed E-state index contributed by atoms with van der Waals surface area (Å²) >= 11 is 3.57. The molecular weight excluding hydrogens is 472 g/mol. The summed E-state index contributed by atoms with van der Waals surface area (Å²) in [5.41, 5.74) is 3.11. The number of nitrogens with zero attached hydrogens (tertiary/aromatic N) is 3. The predicted octanol–water partition coefficient (Wildman–Crippen LogP) is 4.87. The third-order valence-corrected chi connectivity index (χ3v) is 6.81. The predicted molar refractivity (Wildman–Crippen MR) is 128 cm³/mol. The van der Waals surface area contributed by atoms with Gasteiger partial charge in [0, 0.05) is 37.3 Å². The molecule has 0 bridgehead atoms. The van der Waals surface area contributed by atoms with Crippen LogP contribution in [0.1, 0.15) is 44.7 Å². The molecule has 4 rings (SSSR count). The van der Waals surface area contributed by atoms with Gasteiger partial charge in [0.2, 0.25) is 5.95 Å². The zero-order valence-electron chi connectivity index (χ0n) is 18.6. The van der Waals surface area contributed by atoms with Gasteiger partial charge in [-0.25, -0.2) is 9.97 Å². The molecule has 1 aromatic carbocycles. The van der Waals surface area contributed by atoms with E-state index in [0.717, 1.165) is 79.8 Å². The highest BCUT2D eigenvalue weighted by Crippen LogP contribution is 2.27. The number of hydrogen-bond donors (Lipinski definition) is 1. The van der Waals surface area contributed by atoms with Gasteiger partial charge in [-0.1, -0.05) is 0 Å². The first-order valence-corrected chi connectivity index (χ1v) is 12.3. The third-order valence-electron chi connectivity index (χ3n) is 6.15. The Labute approximate surface area is 198 Å². The van der Waals surface area contributed by atoms with Crippen LogP contribution in [0.15, 0.2) is 34.9 Å². The van der Waals surface area contributed by atoms with Gasteiger partial charge in [-0.3, -0.25) is 4.79 Å². The molecule has 2 aliphatic heterocycles. The van der Waals surface area contributed by atoms with Crippen LogP contribution in [0.25, 0.3) is 0 Å². The molecule has 2 aliphatic rings. The number of piperidine rings is 1. The number of anilines is 3. The summed E-state index contributed by atoms with van der Waals surface area (Å²) in [5.74, 6) is 0.561. The Morgan fingerprint density at radius 1 is 1.25 bits per heavy atom. The van der Waals surface area contributed by atoms with Crippen LogP contribution in [-0.2, 0) is 20.7 Å². The molecule has 2 aromatic rings. The molecule has 1 aromatic heterocycles. The number of aromatic nitrogens is 2. The van der Waals surface area contributed by atoms with Gasteiger partial charge >= 0.3 is 5.97 Å². The van der Waals surface area contributed by atoms with Crippen molar-refractivity contribution >= 4 is 39.2 Å². The van der Waals surface area contributed by atoms with E-state index < -0.39 is 0 Å². The van der Waals surface area contributed by atoms with Crippen molar-refractivity contribution < 1.29 is 14.3 Å². The van der Waals surface area contributed by atoms with Crippen molar-refractivity contribution in [2.75, 3.05) is 36.5 Å². The zero-order valence-corrected chi connectivity index (χ0v) is 20.1. The first-order valence-electron chi connectivity index (χ1n) is 11.5. The summed E-state index contributed by atoms with van der Waals surface area (Å²) < 4.78 is 11.8. The second-order valence-corrected chi connectivity index (χ2v) is 9.20. The van der Waals surface area contributed by atoms with Gasteiger partial charge in [0.15, 0.2) is 0 Å². The Bertz CT molecular complexity index is 895. The van der Waals surface area contributed by atoms with Crippen molar-refractivity contribution in [2.24, 2.45) is 5.92 Å². The van der Waals surface area contributed by atoms with E-state index in [4.69, 9.17) is 14.5 Å². The Balaban J connectivity index is 1.32. The van der Waals surface area contributed by atoms with Crippen molar-refractivity contribution in [3.63, 3.8) is 0 Å². The minimum absolute atomic E-state index is 0.0242. The Morgan fingerprint density at radius 3 is 2.72 bits per heavy atom. The second-order valence-electron chi connectivity index (χ2n) is 8.35. The summed E-state index contributed by atoms with van der Waals surface area (Å²) in [7, 11) is 0. The zero-order chi connectivity index (χ0) is 22.3. The molecule has 32 heavy (non-hydrogen) atoms. The number of carbonyl (C=O) groups excluding carboxylic acids is 1. The van der Waals surface area contributed by atoms with Crippen molar-refractivity contribution in [3.05, 3.63) is 40.6 Å². The molecule has 0 amide bonds. The average molecular weight is 503 g/mol. The van der Waals surface area contributed by atoms with Crippen molar-refractivity contribution in [2.45, 2.75) is 51.6 Å². The average Bonchev–Trinajstić information content (AvgIpc) is 3.34. The Kier molecular flexibility index (Phi) is 7.97. The lowest BCUT2D eigenvalue weighted by molar-refractivity contribution is -0.148. The van der Waals surface area contributed by atoms with Crippen LogP contribution >= 0.6 is 15.9 Å². The van der Waals surface area contributed by atoms with Gasteiger partial charge in [-0.2, -0.15) is 0 Å². The topological polar surface area (TPSA) is 76.6 Å². The van der Waals surface area contributed by atoms with Crippen LogP contribution in [0.4, 0.5) is 17.3 Å². The van der Waals surface area contributed by atoms with Crippen molar-refractivity contribution in [3.8, 4) is 0 Å². The molecule has 2 saturated heterocycles. The van der Waals surface area contributed by atoms with Crippen LogP contribution in [0.5, 0.6) is 0 Å². The van der Waals surface area contributed by atoms with E-state index in [-0.39, 0.29) is 11.9 Å². The van der Waals surface area contributed by atoms with Crippen molar-refractivity contribution in [1.29, 1.82) is 0 Å². The highest BCUT2D eigenvalue weighted by molar-refractivity contribution is 9.10. The number of carbonyl (C=O) groups is 1. The van der Waals surface area contributed by atoms with Crippen LogP contribution < -0.4 is 10.2 Å². The molecule has 7 nitrogen and oxygen atoms in total. The number of benzene rings is 1. The van der Waals surface area contributed by atoms with Crippen LogP contribution in [0.2, 0.25) is 0 Å². The van der Waals surface area contributed by atoms with Crippen molar-refractivity contribution in [1.82, 2.24) is 9.97 Å². The summed E-state index contributed by atoms with van der Waals surface area (Å²) in [5, 5.41) is 3.31. The first kappa shape index (κ1) is 23.0. The fourth-order valence-corrected chi connectivity index (χ4v) is 4.72. The molecular formula is C24H31BrN4O3. The maximum absolute atomic E-state index is 11.9. The number of rotatable bonds is 8. The smallest absolute Gasteiger partial charge is 0.309 e. The van der Waals surface area contributed by atoms with Gasteiger partial charge in [0.25, 0.3) is 0 Å². The quantitative estimate of drug-likeness (QED) is 0.515. The lowest BCUT2D eigenvalue weighted by Gasteiger charge is -2.32. The van der Waals surface area contributed by atoms with Gasteiger partial charge in [0.1, 0.15) is 0 Å². The van der Waals surface area contributed by atoms with Gasteiger partial charge in [-0.05, 0) is 85.6 Å². The lowest BCUT2D eigenvalue weighted by Crippen LogP contribution is -2.36. The number of ether oxygens (including phenoxy) is 2.